The maximum Gasteiger partial charge on any atom is 0.252 e. The highest BCUT2D eigenvalue weighted by Gasteiger charge is 2.34. The summed E-state index contributed by atoms with van der Waals surface area (Å²) >= 11 is 0. The second-order valence-electron chi connectivity index (χ2n) is 9.63. The van der Waals surface area contributed by atoms with Crippen LogP contribution in [0.5, 0.6) is 0 Å². The van der Waals surface area contributed by atoms with Gasteiger partial charge in [0, 0.05) is 44.1 Å². The van der Waals surface area contributed by atoms with Crippen LogP contribution in [0.2, 0.25) is 0 Å². The molecule has 2 amide bonds. The van der Waals surface area contributed by atoms with E-state index in [9.17, 15) is 14.0 Å². The van der Waals surface area contributed by atoms with Crippen molar-refractivity contribution in [3.8, 4) is 0 Å². The number of nitrogens with zero attached hydrogens (tertiary/aromatic N) is 3. The van der Waals surface area contributed by atoms with Gasteiger partial charge in [0.05, 0.1) is 5.56 Å². The van der Waals surface area contributed by atoms with Crippen molar-refractivity contribution in [1.29, 1.82) is 0 Å². The van der Waals surface area contributed by atoms with E-state index in [2.05, 4.69) is 10.3 Å². The van der Waals surface area contributed by atoms with Crippen LogP contribution in [0, 0.1) is 17.8 Å². The number of hydrogen-bond acceptors (Lipinski definition) is 3. The number of alkyl halides is 1. The predicted molar refractivity (Wildman–Crippen MR) is 122 cm³/mol. The minimum absolute atomic E-state index is 0.0555. The summed E-state index contributed by atoms with van der Waals surface area (Å²) in [4.78, 5) is 31.3. The van der Waals surface area contributed by atoms with Crippen molar-refractivity contribution in [2.24, 2.45) is 17.8 Å². The van der Waals surface area contributed by atoms with E-state index < -0.39 is 6.17 Å². The maximum absolute atomic E-state index is 14.0. The molecule has 1 saturated carbocycles. The summed E-state index contributed by atoms with van der Waals surface area (Å²) in [5.41, 5.74) is 1.47. The Kier molecular flexibility index (Phi) is 7.43. The Morgan fingerprint density at radius 2 is 1.97 bits per heavy atom. The molecule has 2 aromatic heterocycles. The van der Waals surface area contributed by atoms with Crippen LogP contribution in [0.1, 0.15) is 68.6 Å². The lowest BCUT2D eigenvalue weighted by Gasteiger charge is -2.36. The Balaban J connectivity index is 1.11. The van der Waals surface area contributed by atoms with Crippen molar-refractivity contribution in [1.82, 2.24) is 19.6 Å². The van der Waals surface area contributed by atoms with Crippen molar-refractivity contribution in [2.45, 2.75) is 64.5 Å². The summed E-state index contributed by atoms with van der Waals surface area (Å²) in [6.07, 6.45) is 11.8. The topological polar surface area (TPSA) is 66.7 Å². The molecule has 6 nitrogen and oxygen atoms in total. The normalized spacial score (nSPS) is 24.6. The molecule has 1 saturated heterocycles. The van der Waals surface area contributed by atoms with Crippen molar-refractivity contribution in [2.75, 3.05) is 19.6 Å². The molecule has 2 aromatic rings. The molecule has 2 fully saturated rings. The largest absolute Gasteiger partial charge is 0.352 e. The summed E-state index contributed by atoms with van der Waals surface area (Å²) < 4.78 is 15.9. The number of amides is 2. The van der Waals surface area contributed by atoms with E-state index in [1.807, 2.05) is 28.5 Å². The fourth-order valence-corrected chi connectivity index (χ4v) is 5.11. The number of fused-ring (bicyclic) bond motifs is 1. The van der Waals surface area contributed by atoms with Gasteiger partial charge in [0.1, 0.15) is 11.8 Å². The summed E-state index contributed by atoms with van der Waals surface area (Å²) in [6.45, 7) is 4.23. The molecular weight excluding hydrogens is 407 g/mol. The van der Waals surface area contributed by atoms with Gasteiger partial charge in [0.2, 0.25) is 5.91 Å². The van der Waals surface area contributed by atoms with Gasteiger partial charge in [-0.2, -0.15) is 0 Å². The average molecular weight is 443 g/mol. The molecule has 3 heterocycles. The van der Waals surface area contributed by atoms with E-state index in [-0.39, 0.29) is 23.7 Å². The second kappa shape index (κ2) is 10.5. The Morgan fingerprint density at radius 3 is 2.75 bits per heavy atom. The van der Waals surface area contributed by atoms with Gasteiger partial charge in [-0.25, -0.2) is 9.37 Å². The van der Waals surface area contributed by atoms with Gasteiger partial charge >= 0.3 is 0 Å². The fourth-order valence-electron chi connectivity index (χ4n) is 5.11. The number of carbonyl (C=O) groups is 2. The van der Waals surface area contributed by atoms with Gasteiger partial charge < -0.3 is 14.6 Å². The Morgan fingerprint density at radius 1 is 1.16 bits per heavy atom. The number of nitrogens with one attached hydrogen (secondary N) is 1. The van der Waals surface area contributed by atoms with Crippen LogP contribution >= 0.6 is 0 Å². The zero-order valence-corrected chi connectivity index (χ0v) is 19.0. The maximum atomic E-state index is 14.0. The molecule has 3 unspecified atom stereocenters. The monoisotopic (exact) mass is 442 g/mol. The lowest BCUT2D eigenvalue weighted by atomic mass is 9.80. The first-order chi connectivity index (χ1) is 15.5. The molecule has 1 N–H and O–H groups in total. The van der Waals surface area contributed by atoms with Gasteiger partial charge in [-0.05, 0) is 62.5 Å². The van der Waals surface area contributed by atoms with Crippen molar-refractivity contribution >= 4 is 17.5 Å². The average Bonchev–Trinajstić information content (AvgIpc) is 3.28. The van der Waals surface area contributed by atoms with Crippen molar-refractivity contribution < 1.29 is 14.0 Å². The second-order valence-corrected chi connectivity index (χ2v) is 9.63. The molecule has 0 bridgehead atoms. The zero-order chi connectivity index (χ0) is 22.5. The number of rotatable bonds is 7. The number of carbonyl (C=O) groups excluding carboxylic acids is 2. The van der Waals surface area contributed by atoms with Gasteiger partial charge in [0.15, 0.2) is 0 Å². The molecule has 0 radical (unpaired) electrons. The van der Waals surface area contributed by atoms with E-state index >= 15 is 0 Å². The first-order valence-electron chi connectivity index (χ1n) is 12.1. The number of piperidine rings is 1. The first-order valence-corrected chi connectivity index (χ1v) is 12.1. The van der Waals surface area contributed by atoms with Gasteiger partial charge in [-0.1, -0.05) is 19.8 Å². The summed E-state index contributed by atoms with van der Waals surface area (Å²) in [6, 6.07) is 3.64. The third-order valence-corrected chi connectivity index (χ3v) is 7.35. The number of likely N-dealkylation sites (tertiary alicyclic amines) is 1. The van der Waals surface area contributed by atoms with Crippen LogP contribution in [-0.2, 0) is 4.79 Å². The number of imidazole rings is 1. The predicted octanol–water partition coefficient (Wildman–Crippen LogP) is 4.25. The van der Waals surface area contributed by atoms with Crippen LogP contribution in [0.3, 0.4) is 0 Å². The minimum atomic E-state index is -0.829. The molecule has 0 spiro atoms. The van der Waals surface area contributed by atoms with Crippen molar-refractivity contribution in [3.05, 3.63) is 36.3 Å². The molecule has 0 aromatic carbocycles. The van der Waals surface area contributed by atoms with Gasteiger partial charge in [-0.3, -0.25) is 9.59 Å². The Bertz CT molecular complexity index is 922. The molecule has 4 rings (SSSR count). The van der Waals surface area contributed by atoms with E-state index in [1.165, 1.54) is 0 Å². The van der Waals surface area contributed by atoms with Crippen LogP contribution in [0.4, 0.5) is 4.39 Å². The van der Waals surface area contributed by atoms with E-state index in [4.69, 9.17) is 0 Å². The van der Waals surface area contributed by atoms with Crippen LogP contribution in [0.25, 0.3) is 5.65 Å². The lowest BCUT2D eigenvalue weighted by molar-refractivity contribution is -0.139. The highest BCUT2D eigenvalue weighted by molar-refractivity contribution is 5.94. The molecule has 1 aliphatic heterocycles. The summed E-state index contributed by atoms with van der Waals surface area (Å²) in [5.74, 6) is 0.735. The number of pyridine rings is 1. The third-order valence-electron chi connectivity index (χ3n) is 7.35. The highest BCUT2D eigenvalue weighted by Crippen LogP contribution is 2.33. The molecule has 3 atom stereocenters. The summed E-state index contributed by atoms with van der Waals surface area (Å²) in [7, 11) is 0. The van der Waals surface area contributed by atoms with E-state index in [0.717, 1.165) is 63.7 Å². The Hall–Kier alpha value is -2.44. The quantitative estimate of drug-likeness (QED) is 0.652. The molecule has 32 heavy (non-hydrogen) atoms. The van der Waals surface area contributed by atoms with Crippen LogP contribution in [-0.4, -0.2) is 51.9 Å². The van der Waals surface area contributed by atoms with E-state index in [1.54, 1.807) is 18.5 Å². The number of halogens is 1. The minimum Gasteiger partial charge on any atom is -0.352 e. The number of unbranched alkanes of at least 4 members (excludes halogenated alkanes) is 1. The summed E-state index contributed by atoms with van der Waals surface area (Å²) in [5, 5.41) is 3.00. The van der Waals surface area contributed by atoms with Crippen molar-refractivity contribution in [3.63, 3.8) is 0 Å². The first kappa shape index (κ1) is 22.7. The molecular formula is C25H35FN4O2. The molecule has 7 heteroatoms. The Labute approximate surface area is 189 Å². The molecule has 174 valence electrons. The molecule has 1 aliphatic carbocycles. The standard InChI is InChI=1S/C25H35FN4O2/c1-18-5-6-20(16-22(18)26)25(32)29-13-9-19(10-14-29)4-2-3-11-28-24(31)21-7-8-23-27-12-15-30(23)17-21/h7-8,12,15,17-20,22H,2-6,9-11,13-14,16H2,1H3,(H,28,31). The smallest absolute Gasteiger partial charge is 0.252 e. The SMILES string of the molecule is CC1CCC(C(=O)N2CCC(CCCCNC(=O)c3ccc4nccn4c3)CC2)CC1F. The van der Waals surface area contributed by atoms with E-state index in [0.29, 0.717) is 24.4 Å². The van der Waals surface area contributed by atoms with Gasteiger partial charge in [-0.15, -0.1) is 0 Å². The van der Waals surface area contributed by atoms with Gasteiger partial charge in [0.25, 0.3) is 5.91 Å². The van der Waals surface area contributed by atoms with Crippen LogP contribution in [0.15, 0.2) is 30.7 Å². The third kappa shape index (κ3) is 5.48. The number of hydrogen-bond donors (Lipinski definition) is 1. The van der Waals surface area contributed by atoms with Crippen LogP contribution < -0.4 is 5.32 Å². The highest BCUT2D eigenvalue weighted by atomic mass is 19.1. The fraction of sp³-hybridized carbons (Fsp3) is 0.640. The zero-order valence-electron chi connectivity index (χ0n) is 19.0. The number of aromatic nitrogens is 2. The molecule has 2 aliphatic rings. The lowest BCUT2D eigenvalue weighted by Crippen LogP contribution is -2.44.